The lowest BCUT2D eigenvalue weighted by molar-refractivity contribution is -0.143. The van der Waals surface area contributed by atoms with Gasteiger partial charge in [0.2, 0.25) is 0 Å². The van der Waals surface area contributed by atoms with E-state index in [-0.39, 0.29) is 18.5 Å². The fourth-order valence-corrected chi connectivity index (χ4v) is 1.03. The van der Waals surface area contributed by atoms with E-state index in [1.165, 1.54) is 0 Å². The zero-order valence-corrected chi connectivity index (χ0v) is 8.14. The van der Waals surface area contributed by atoms with Crippen molar-refractivity contribution in [3.63, 3.8) is 0 Å². The maximum atomic E-state index is 11.4. The lowest BCUT2D eigenvalue weighted by atomic mass is 10.0. The molecule has 0 saturated heterocycles. The Morgan fingerprint density at radius 3 is 3.14 bits per heavy atom. The highest BCUT2D eigenvalue weighted by molar-refractivity contribution is 5.77. The van der Waals surface area contributed by atoms with Gasteiger partial charge in [-0.15, -0.1) is 0 Å². The molecule has 1 aromatic heterocycles. The second-order valence-electron chi connectivity index (χ2n) is 2.93. The minimum Gasteiger partial charge on any atom is -0.461 e. The molecule has 1 heterocycles. The predicted molar refractivity (Wildman–Crippen MR) is 53.8 cm³/mol. The summed E-state index contributed by atoms with van der Waals surface area (Å²) in [5.41, 5.74) is 0.863. The molecule has 0 aromatic carbocycles. The van der Waals surface area contributed by atoms with Gasteiger partial charge < -0.3 is 4.74 Å². The Hall–Kier alpha value is -1.64. The fraction of sp³-hybridized carbons (Fsp3) is 0.273. The standard InChI is InChI=1S/C11H13NO2/c1-3-7-14-11(13)9(2)10-5-4-6-12-8-10/h3-6,8-9H,1,7H2,2H3. The Morgan fingerprint density at radius 1 is 1.79 bits per heavy atom. The van der Waals surface area contributed by atoms with Gasteiger partial charge in [-0.3, -0.25) is 9.78 Å². The summed E-state index contributed by atoms with van der Waals surface area (Å²) in [6.45, 7) is 5.52. The molecule has 0 spiro atoms. The van der Waals surface area contributed by atoms with Gasteiger partial charge in [0, 0.05) is 12.4 Å². The van der Waals surface area contributed by atoms with Crippen molar-refractivity contribution >= 4 is 5.97 Å². The first-order valence-electron chi connectivity index (χ1n) is 4.43. The highest BCUT2D eigenvalue weighted by Crippen LogP contribution is 2.14. The zero-order valence-electron chi connectivity index (χ0n) is 8.14. The van der Waals surface area contributed by atoms with Crippen molar-refractivity contribution in [2.24, 2.45) is 0 Å². The summed E-state index contributed by atoms with van der Waals surface area (Å²) < 4.78 is 4.92. The fourth-order valence-electron chi connectivity index (χ4n) is 1.03. The zero-order chi connectivity index (χ0) is 10.4. The Morgan fingerprint density at radius 2 is 2.57 bits per heavy atom. The van der Waals surface area contributed by atoms with Gasteiger partial charge in [-0.25, -0.2) is 0 Å². The van der Waals surface area contributed by atoms with E-state index in [1.54, 1.807) is 31.5 Å². The second-order valence-corrected chi connectivity index (χ2v) is 2.93. The predicted octanol–water partition coefficient (Wildman–Crippen LogP) is 1.91. The van der Waals surface area contributed by atoms with Crippen molar-refractivity contribution in [3.05, 3.63) is 42.7 Å². The molecular formula is C11H13NO2. The van der Waals surface area contributed by atoms with Crippen molar-refractivity contribution in [1.29, 1.82) is 0 Å². The number of pyridine rings is 1. The van der Waals surface area contributed by atoms with Gasteiger partial charge in [0.05, 0.1) is 5.92 Å². The first-order chi connectivity index (χ1) is 6.75. The minimum atomic E-state index is -0.274. The summed E-state index contributed by atoms with van der Waals surface area (Å²) in [5, 5.41) is 0. The molecular weight excluding hydrogens is 178 g/mol. The summed E-state index contributed by atoms with van der Waals surface area (Å²) in [6.07, 6.45) is 4.89. The molecule has 3 heteroatoms. The summed E-state index contributed by atoms with van der Waals surface area (Å²) in [7, 11) is 0. The maximum Gasteiger partial charge on any atom is 0.313 e. The lowest BCUT2D eigenvalue weighted by Crippen LogP contribution is -2.13. The van der Waals surface area contributed by atoms with E-state index in [9.17, 15) is 4.79 Å². The van der Waals surface area contributed by atoms with Crippen molar-refractivity contribution in [2.45, 2.75) is 12.8 Å². The van der Waals surface area contributed by atoms with Crippen LogP contribution >= 0.6 is 0 Å². The van der Waals surface area contributed by atoms with E-state index < -0.39 is 0 Å². The molecule has 1 atom stereocenters. The second kappa shape index (κ2) is 5.17. The molecule has 0 amide bonds. The number of hydrogen-bond acceptors (Lipinski definition) is 3. The van der Waals surface area contributed by atoms with Crippen LogP contribution in [0.2, 0.25) is 0 Å². The number of rotatable bonds is 4. The highest BCUT2D eigenvalue weighted by atomic mass is 16.5. The molecule has 0 aliphatic rings. The summed E-state index contributed by atoms with van der Waals surface area (Å²) in [5.74, 6) is -0.526. The number of ether oxygens (including phenoxy) is 1. The number of carbonyl (C=O) groups is 1. The number of esters is 1. The van der Waals surface area contributed by atoms with Crippen LogP contribution in [0.5, 0.6) is 0 Å². The molecule has 14 heavy (non-hydrogen) atoms. The molecule has 0 aliphatic heterocycles. The van der Waals surface area contributed by atoms with E-state index in [1.807, 2.05) is 6.07 Å². The van der Waals surface area contributed by atoms with Crippen LogP contribution in [0.3, 0.4) is 0 Å². The first-order valence-corrected chi connectivity index (χ1v) is 4.43. The molecule has 0 fully saturated rings. The van der Waals surface area contributed by atoms with Gasteiger partial charge in [0.25, 0.3) is 0 Å². The third kappa shape index (κ3) is 2.69. The van der Waals surface area contributed by atoms with Crippen molar-refractivity contribution in [3.8, 4) is 0 Å². The Kier molecular flexibility index (Phi) is 3.85. The van der Waals surface area contributed by atoms with E-state index in [4.69, 9.17) is 4.74 Å². The van der Waals surface area contributed by atoms with Crippen molar-refractivity contribution in [2.75, 3.05) is 6.61 Å². The summed E-state index contributed by atoms with van der Waals surface area (Å²) in [6, 6.07) is 3.65. The average molecular weight is 191 g/mol. The van der Waals surface area contributed by atoms with Gasteiger partial charge in [-0.05, 0) is 18.6 Å². The third-order valence-corrected chi connectivity index (χ3v) is 1.88. The van der Waals surface area contributed by atoms with E-state index in [0.29, 0.717) is 0 Å². The van der Waals surface area contributed by atoms with Crippen LogP contribution in [-0.2, 0) is 9.53 Å². The van der Waals surface area contributed by atoms with Gasteiger partial charge in [0.15, 0.2) is 0 Å². The molecule has 1 unspecified atom stereocenters. The van der Waals surface area contributed by atoms with Gasteiger partial charge in [-0.1, -0.05) is 18.7 Å². The smallest absolute Gasteiger partial charge is 0.313 e. The van der Waals surface area contributed by atoms with Crippen LogP contribution in [0.1, 0.15) is 18.4 Å². The van der Waals surface area contributed by atoms with Gasteiger partial charge in [0.1, 0.15) is 6.61 Å². The first kappa shape index (κ1) is 10.4. The van der Waals surface area contributed by atoms with Crippen LogP contribution in [0.15, 0.2) is 37.2 Å². The van der Waals surface area contributed by atoms with Crippen LogP contribution in [0.25, 0.3) is 0 Å². The van der Waals surface area contributed by atoms with Crippen LogP contribution in [0, 0.1) is 0 Å². The number of nitrogens with zero attached hydrogens (tertiary/aromatic N) is 1. The molecule has 1 aromatic rings. The van der Waals surface area contributed by atoms with Crippen LogP contribution in [0.4, 0.5) is 0 Å². The Labute approximate surface area is 83.4 Å². The van der Waals surface area contributed by atoms with E-state index >= 15 is 0 Å². The lowest BCUT2D eigenvalue weighted by Gasteiger charge is -2.09. The van der Waals surface area contributed by atoms with Crippen LogP contribution in [-0.4, -0.2) is 17.6 Å². The molecule has 3 nitrogen and oxygen atoms in total. The Bertz CT molecular complexity index is 308. The van der Waals surface area contributed by atoms with Gasteiger partial charge >= 0.3 is 5.97 Å². The summed E-state index contributed by atoms with van der Waals surface area (Å²) >= 11 is 0. The van der Waals surface area contributed by atoms with E-state index in [0.717, 1.165) is 5.56 Å². The summed E-state index contributed by atoms with van der Waals surface area (Å²) in [4.78, 5) is 15.3. The van der Waals surface area contributed by atoms with Gasteiger partial charge in [-0.2, -0.15) is 0 Å². The Balaban J connectivity index is 2.61. The highest BCUT2D eigenvalue weighted by Gasteiger charge is 2.15. The quantitative estimate of drug-likeness (QED) is 0.539. The SMILES string of the molecule is C=CCOC(=O)C(C)c1cccnc1. The van der Waals surface area contributed by atoms with E-state index in [2.05, 4.69) is 11.6 Å². The maximum absolute atomic E-state index is 11.4. The average Bonchev–Trinajstić information content (AvgIpc) is 2.26. The molecule has 74 valence electrons. The molecule has 1 rings (SSSR count). The minimum absolute atomic E-state index is 0.252. The molecule has 0 saturated carbocycles. The monoisotopic (exact) mass is 191 g/mol. The van der Waals surface area contributed by atoms with Crippen LogP contribution < -0.4 is 0 Å². The van der Waals surface area contributed by atoms with Crippen molar-refractivity contribution < 1.29 is 9.53 Å². The third-order valence-electron chi connectivity index (χ3n) is 1.88. The normalized spacial score (nSPS) is 11.8. The molecule has 0 aliphatic carbocycles. The molecule has 0 bridgehead atoms. The largest absolute Gasteiger partial charge is 0.461 e. The number of hydrogen-bond donors (Lipinski definition) is 0. The number of aromatic nitrogens is 1. The molecule has 0 radical (unpaired) electrons. The molecule has 0 N–H and O–H groups in total. The number of carbonyl (C=O) groups excluding carboxylic acids is 1. The van der Waals surface area contributed by atoms with Crippen molar-refractivity contribution in [1.82, 2.24) is 4.98 Å². The topological polar surface area (TPSA) is 39.2 Å².